The Bertz CT molecular complexity index is 420. The third-order valence-electron chi connectivity index (χ3n) is 3.45. The van der Waals surface area contributed by atoms with Gasteiger partial charge in [0.1, 0.15) is 11.6 Å². The molecule has 0 aliphatic heterocycles. The fourth-order valence-corrected chi connectivity index (χ4v) is 2.21. The summed E-state index contributed by atoms with van der Waals surface area (Å²) in [7, 11) is 0. The van der Waals surface area contributed by atoms with Crippen molar-refractivity contribution >= 4 is 0 Å². The first-order valence-corrected chi connectivity index (χ1v) is 7.95. The van der Waals surface area contributed by atoms with Gasteiger partial charge in [0.2, 0.25) is 0 Å². The molecule has 1 aromatic carbocycles. The lowest BCUT2D eigenvalue weighted by Gasteiger charge is -2.18. The van der Waals surface area contributed by atoms with Crippen LogP contribution in [0, 0.1) is 5.82 Å². The third kappa shape index (κ3) is 6.76. The van der Waals surface area contributed by atoms with Crippen molar-refractivity contribution in [1.29, 1.82) is 0 Å². The van der Waals surface area contributed by atoms with E-state index in [4.69, 9.17) is 4.74 Å². The Morgan fingerprint density at radius 2 is 2.14 bits per heavy atom. The second-order valence-electron chi connectivity index (χ2n) is 5.34. The molecule has 3 heteroatoms. The van der Waals surface area contributed by atoms with E-state index in [0.717, 1.165) is 44.2 Å². The SMILES string of the molecule is C=CCCCCCOc1cc(F)ccc1C(C)NCCC. The van der Waals surface area contributed by atoms with Crippen molar-refractivity contribution < 1.29 is 9.13 Å². The summed E-state index contributed by atoms with van der Waals surface area (Å²) in [4.78, 5) is 0. The van der Waals surface area contributed by atoms with E-state index in [1.807, 2.05) is 12.1 Å². The molecule has 0 aromatic heterocycles. The standard InChI is InChI=1S/C18H28FNO/c1-4-6-7-8-9-13-21-18-14-16(19)10-11-17(18)15(3)20-12-5-2/h4,10-11,14-15,20H,1,5-9,12-13H2,2-3H3. The maximum atomic E-state index is 13.4. The van der Waals surface area contributed by atoms with Crippen LogP contribution < -0.4 is 10.1 Å². The lowest BCUT2D eigenvalue weighted by atomic mass is 10.1. The first kappa shape index (κ1) is 17.7. The molecule has 1 N–H and O–H groups in total. The van der Waals surface area contributed by atoms with Gasteiger partial charge in [0.25, 0.3) is 0 Å². The molecule has 0 spiro atoms. The number of allylic oxidation sites excluding steroid dienone is 1. The quantitative estimate of drug-likeness (QED) is 0.457. The van der Waals surface area contributed by atoms with Crippen molar-refractivity contribution in [3.8, 4) is 5.75 Å². The van der Waals surface area contributed by atoms with Crippen molar-refractivity contribution in [2.24, 2.45) is 0 Å². The van der Waals surface area contributed by atoms with Crippen LogP contribution in [0.15, 0.2) is 30.9 Å². The Kier molecular flexibility index (Phi) is 8.76. The summed E-state index contributed by atoms with van der Waals surface area (Å²) in [6.07, 6.45) is 7.29. The Morgan fingerprint density at radius 1 is 1.33 bits per heavy atom. The summed E-state index contributed by atoms with van der Waals surface area (Å²) in [5.41, 5.74) is 1.02. The number of rotatable bonds is 11. The van der Waals surface area contributed by atoms with Crippen LogP contribution in [-0.4, -0.2) is 13.2 Å². The minimum absolute atomic E-state index is 0.168. The number of halogens is 1. The molecular formula is C18H28FNO. The Morgan fingerprint density at radius 3 is 2.86 bits per heavy atom. The van der Waals surface area contributed by atoms with Crippen LogP contribution in [-0.2, 0) is 0 Å². The highest BCUT2D eigenvalue weighted by Gasteiger charge is 2.12. The zero-order chi connectivity index (χ0) is 15.5. The second kappa shape index (κ2) is 10.4. The summed E-state index contributed by atoms with van der Waals surface area (Å²) < 4.78 is 19.2. The number of nitrogens with one attached hydrogen (secondary N) is 1. The van der Waals surface area contributed by atoms with Gasteiger partial charge in [-0.1, -0.05) is 19.1 Å². The van der Waals surface area contributed by atoms with Crippen LogP contribution in [0.3, 0.4) is 0 Å². The molecule has 1 unspecified atom stereocenters. The average molecular weight is 293 g/mol. The van der Waals surface area contributed by atoms with Crippen molar-refractivity contribution in [2.75, 3.05) is 13.2 Å². The van der Waals surface area contributed by atoms with E-state index in [9.17, 15) is 4.39 Å². The molecular weight excluding hydrogens is 265 g/mol. The molecule has 118 valence electrons. The van der Waals surface area contributed by atoms with Gasteiger partial charge >= 0.3 is 0 Å². The number of unbranched alkanes of at least 4 members (excludes halogenated alkanes) is 3. The van der Waals surface area contributed by atoms with Crippen LogP contribution in [0.4, 0.5) is 4.39 Å². The molecule has 0 fully saturated rings. The first-order valence-electron chi connectivity index (χ1n) is 7.95. The number of ether oxygens (including phenoxy) is 1. The molecule has 1 rings (SSSR count). The van der Waals surface area contributed by atoms with Crippen molar-refractivity contribution in [3.05, 3.63) is 42.2 Å². The van der Waals surface area contributed by atoms with Gasteiger partial charge in [-0.05, 0) is 51.6 Å². The summed E-state index contributed by atoms with van der Waals surface area (Å²) in [6, 6.07) is 4.97. The predicted octanol–water partition coefficient (Wildman–Crippen LogP) is 5.01. The molecule has 0 bridgehead atoms. The fraction of sp³-hybridized carbons (Fsp3) is 0.556. The number of benzene rings is 1. The minimum Gasteiger partial charge on any atom is -0.493 e. The van der Waals surface area contributed by atoms with E-state index < -0.39 is 0 Å². The van der Waals surface area contributed by atoms with E-state index in [-0.39, 0.29) is 11.9 Å². The zero-order valence-electron chi connectivity index (χ0n) is 13.3. The summed E-state index contributed by atoms with van der Waals surface area (Å²) in [5, 5.41) is 3.41. The van der Waals surface area contributed by atoms with Gasteiger partial charge in [0.05, 0.1) is 6.61 Å². The van der Waals surface area contributed by atoms with Crippen LogP contribution in [0.2, 0.25) is 0 Å². The first-order chi connectivity index (χ1) is 10.2. The average Bonchev–Trinajstić information content (AvgIpc) is 2.48. The highest BCUT2D eigenvalue weighted by molar-refractivity contribution is 5.36. The minimum atomic E-state index is -0.247. The van der Waals surface area contributed by atoms with Crippen LogP contribution in [0.1, 0.15) is 57.6 Å². The van der Waals surface area contributed by atoms with Crippen LogP contribution >= 0.6 is 0 Å². The predicted molar refractivity (Wildman–Crippen MR) is 87.3 cm³/mol. The molecule has 0 aliphatic carbocycles. The lowest BCUT2D eigenvalue weighted by Crippen LogP contribution is -2.20. The Balaban J connectivity index is 2.54. The lowest BCUT2D eigenvalue weighted by molar-refractivity contribution is 0.298. The van der Waals surface area contributed by atoms with E-state index in [0.29, 0.717) is 12.4 Å². The third-order valence-corrected chi connectivity index (χ3v) is 3.45. The molecule has 21 heavy (non-hydrogen) atoms. The molecule has 2 nitrogen and oxygen atoms in total. The molecule has 0 radical (unpaired) electrons. The van der Waals surface area contributed by atoms with Gasteiger partial charge in [0.15, 0.2) is 0 Å². The summed E-state index contributed by atoms with van der Waals surface area (Å²) >= 11 is 0. The highest BCUT2D eigenvalue weighted by Crippen LogP contribution is 2.26. The Hall–Kier alpha value is -1.35. The molecule has 0 aliphatic rings. The van der Waals surface area contributed by atoms with Crippen molar-refractivity contribution in [1.82, 2.24) is 5.32 Å². The van der Waals surface area contributed by atoms with Crippen LogP contribution in [0.5, 0.6) is 5.75 Å². The van der Waals surface area contributed by atoms with E-state index >= 15 is 0 Å². The molecule has 0 amide bonds. The van der Waals surface area contributed by atoms with E-state index in [1.54, 1.807) is 0 Å². The van der Waals surface area contributed by atoms with Gasteiger partial charge in [-0.15, -0.1) is 6.58 Å². The summed E-state index contributed by atoms with van der Waals surface area (Å²) in [6.45, 7) is 9.50. The topological polar surface area (TPSA) is 21.3 Å². The summed E-state index contributed by atoms with van der Waals surface area (Å²) in [5.74, 6) is 0.415. The number of hydrogen-bond acceptors (Lipinski definition) is 2. The zero-order valence-corrected chi connectivity index (χ0v) is 13.3. The normalized spacial score (nSPS) is 12.1. The van der Waals surface area contributed by atoms with E-state index in [2.05, 4.69) is 25.7 Å². The maximum absolute atomic E-state index is 13.4. The van der Waals surface area contributed by atoms with Gasteiger partial charge in [-0.2, -0.15) is 0 Å². The van der Waals surface area contributed by atoms with Gasteiger partial charge in [-0.3, -0.25) is 0 Å². The Labute approximate surface area is 128 Å². The second-order valence-corrected chi connectivity index (χ2v) is 5.34. The van der Waals surface area contributed by atoms with Gasteiger partial charge < -0.3 is 10.1 Å². The maximum Gasteiger partial charge on any atom is 0.126 e. The van der Waals surface area contributed by atoms with Crippen LogP contribution in [0.25, 0.3) is 0 Å². The number of hydrogen-bond donors (Lipinski definition) is 1. The van der Waals surface area contributed by atoms with E-state index in [1.165, 1.54) is 12.1 Å². The fourth-order valence-electron chi connectivity index (χ4n) is 2.21. The smallest absolute Gasteiger partial charge is 0.126 e. The molecule has 0 saturated carbocycles. The monoisotopic (exact) mass is 293 g/mol. The van der Waals surface area contributed by atoms with Crippen molar-refractivity contribution in [2.45, 2.75) is 52.0 Å². The molecule has 0 saturated heterocycles. The molecule has 1 aromatic rings. The molecule has 0 heterocycles. The largest absolute Gasteiger partial charge is 0.493 e. The van der Waals surface area contributed by atoms with Gasteiger partial charge in [0, 0.05) is 17.7 Å². The molecule has 1 atom stereocenters. The van der Waals surface area contributed by atoms with Gasteiger partial charge in [-0.25, -0.2) is 4.39 Å². The van der Waals surface area contributed by atoms with Crippen molar-refractivity contribution in [3.63, 3.8) is 0 Å². The highest BCUT2D eigenvalue weighted by atomic mass is 19.1.